The Kier molecular flexibility index (Phi) is 5.97. The quantitative estimate of drug-likeness (QED) is 0.706. The van der Waals surface area contributed by atoms with Crippen LogP contribution in [0.15, 0.2) is 36.4 Å². The molecule has 2 atom stereocenters. The molecule has 4 nitrogen and oxygen atoms in total. The van der Waals surface area contributed by atoms with E-state index < -0.39 is 23.5 Å². The molecule has 2 aromatic carbocycles. The summed E-state index contributed by atoms with van der Waals surface area (Å²) in [4.78, 5) is 24.1. The Bertz CT molecular complexity index is 872. The molecular formula is C19H16Cl2F2N2O2. The van der Waals surface area contributed by atoms with Crippen molar-refractivity contribution in [3.8, 4) is 0 Å². The molecule has 8 heteroatoms. The zero-order valence-electron chi connectivity index (χ0n) is 14.1. The summed E-state index contributed by atoms with van der Waals surface area (Å²) < 4.78 is 27.5. The zero-order valence-corrected chi connectivity index (χ0v) is 15.6. The first kappa shape index (κ1) is 19.6. The van der Waals surface area contributed by atoms with Crippen LogP contribution in [-0.2, 0) is 4.79 Å². The molecule has 2 aromatic rings. The third-order valence-electron chi connectivity index (χ3n) is 4.39. The Balaban J connectivity index is 1.44. The van der Waals surface area contributed by atoms with Gasteiger partial charge in [-0.25, -0.2) is 8.78 Å². The normalized spacial score (nSPS) is 18.1. The summed E-state index contributed by atoms with van der Waals surface area (Å²) in [5.41, 5.74) is 0.318. The molecule has 0 saturated heterocycles. The van der Waals surface area contributed by atoms with Gasteiger partial charge in [-0.3, -0.25) is 9.59 Å². The third kappa shape index (κ3) is 4.57. The minimum absolute atomic E-state index is 0.0365. The van der Waals surface area contributed by atoms with Gasteiger partial charge in [-0.05, 0) is 36.8 Å². The summed E-state index contributed by atoms with van der Waals surface area (Å²) in [5, 5.41) is 5.94. The van der Waals surface area contributed by atoms with Crippen molar-refractivity contribution in [3.05, 3.63) is 69.2 Å². The molecule has 0 aliphatic heterocycles. The van der Waals surface area contributed by atoms with Gasteiger partial charge >= 0.3 is 0 Å². The Morgan fingerprint density at radius 3 is 2.33 bits per heavy atom. The maximum Gasteiger partial charge on any atom is 0.251 e. The van der Waals surface area contributed by atoms with Gasteiger partial charge in [0.05, 0.1) is 10.0 Å². The molecule has 1 saturated carbocycles. The number of carbonyl (C=O) groups is 2. The van der Waals surface area contributed by atoms with Gasteiger partial charge in [0.2, 0.25) is 5.91 Å². The van der Waals surface area contributed by atoms with Crippen LogP contribution < -0.4 is 10.6 Å². The Morgan fingerprint density at radius 1 is 1.00 bits per heavy atom. The van der Waals surface area contributed by atoms with Gasteiger partial charge in [0.15, 0.2) is 0 Å². The lowest BCUT2D eigenvalue weighted by atomic mass is 10.1. The fourth-order valence-electron chi connectivity index (χ4n) is 2.90. The number of hydrogen-bond donors (Lipinski definition) is 2. The first-order chi connectivity index (χ1) is 12.9. The van der Waals surface area contributed by atoms with E-state index in [4.69, 9.17) is 23.2 Å². The summed E-state index contributed by atoms with van der Waals surface area (Å²) in [6.45, 7) is 0.408. The molecule has 2 amide bonds. The lowest BCUT2D eigenvalue weighted by Gasteiger charge is -2.08. The second-order valence-corrected chi connectivity index (χ2v) is 7.07. The van der Waals surface area contributed by atoms with E-state index in [1.165, 1.54) is 30.3 Å². The zero-order chi connectivity index (χ0) is 19.6. The first-order valence-corrected chi connectivity index (χ1v) is 9.09. The molecule has 2 N–H and O–H groups in total. The van der Waals surface area contributed by atoms with Crippen LogP contribution in [0.4, 0.5) is 8.78 Å². The molecule has 2 unspecified atom stereocenters. The monoisotopic (exact) mass is 412 g/mol. The molecule has 1 aliphatic rings. The van der Waals surface area contributed by atoms with Crippen LogP contribution in [0.1, 0.15) is 28.3 Å². The largest absolute Gasteiger partial charge is 0.354 e. The van der Waals surface area contributed by atoms with Crippen LogP contribution in [0.3, 0.4) is 0 Å². The number of nitrogens with one attached hydrogen (secondary N) is 2. The van der Waals surface area contributed by atoms with Crippen molar-refractivity contribution in [1.82, 2.24) is 10.6 Å². The number of benzene rings is 2. The minimum atomic E-state index is -0.635. The van der Waals surface area contributed by atoms with Crippen molar-refractivity contribution < 1.29 is 18.4 Å². The van der Waals surface area contributed by atoms with Gasteiger partial charge in [0, 0.05) is 36.1 Å². The molecule has 3 rings (SSSR count). The SMILES string of the molecule is O=C(NCCNC(=O)C1CC1c1c(F)cccc1F)c1ccc(Cl)c(Cl)c1. The number of halogens is 4. The average molecular weight is 413 g/mol. The Labute approximate surface area is 164 Å². The van der Waals surface area contributed by atoms with Crippen molar-refractivity contribution in [2.75, 3.05) is 13.1 Å². The van der Waals surface area contributed by atoms with Crippen molar-refractivity contribution in [2.45, 2.75) is 12.3 Å². The number of rotatable bonds is 6. The molecule has 142 valence electrons. The van der Waals surface area contributed by atoms with Crippen LogP contribution in [0.5, 0.6) is 0 Å². The summed E-state index contributed by atoms with van der Waals surface area (Å²) in [7, 11) is 0. The van der Waals surface area contributed by atoms with Gasteiger partial charge in [-0.15, -0.1) is 0 Å². The highest BCUT2D eigenvalue weighted by Gasteiger charge is 2.46. The molecule has 0 aromatic heterocycles. The van der Waals surface area contributed by atoms with E-state index in [0.29, 0.717) is 17.0 Å². The highest BCUT2D eigenvalue weighted by Crippen LogP contribution is 2.49. The summed E-state index contributed by atoms with van der Waals surface area (Å²) >= 11 is 11.7. The summed E-state index contributed by atoms with van der Waals surface area (Å²) in [6, 6.07) is 8.18. The van der Waals surface area contributed by atoms with E-state index in [1.807, 2.05) is 0 Å². The predicted octanol–water partition coefficient (Wildman–Crippen LogP) is 3.92. The van der Waals surface area contributed by atoms with Gasteiger partial charge in [-0.1, -0.05) is 29.3 Å². The lowest BCUT2D eigenvalue weighted by molar-refractivity contribution is -0.122. The fourth-order valence-corrected chi connectivity index (χ4v) is 3.20. The minimum Gasteiger partial charge on any atom is -0.354 e. The van der Waals surface area contributed by atoms with E-state index in [2.05, 4.69) is 10.6 Å². The lowest BCUT2D eigenvalue weighted by Crippen LogP contribution is -2.35. The van der Waals surface area contributed by atoms with Crippen LogP contribution in [0.2, 0.25) is 10.0 Å². The number of hydrogen-bond acceptors (Lipinski definition) is 2. The maximum absolute atomic E-state index is 13.8. The summed E-state index contributed by atoms with van der Waals surface area (Å²) in [5.74, 6) is -2.81. The van der Waals surface area contributed by atoms with Crippen molar-refractivity contribution in [1.29, 1.82) is 0 Å². The number of carbonyl (C=O) groups excluding carboxylic acids is 2. The third-order valence-corrected chi connectivity index (χ3v) is 5.13. The van der Waals surface area contributed by atoms with Crippen LogP contribution in [-0.4, -0.2) is 24.9 Å². The molecule has 27 heavy (non-hydrogen) atoms. The van der Waals surface area contributed by atoms with E-state index in [0.717, 1.165) is 0 Å². The van der Waals surface area contributed by atoms with Gasteiger partial charge in [0.25, 0.3) is 5.91 Å². The van der Waals surface area contributed by atoms with Crippen LogP contribution >= 0.6 is 23.2 Å². The Hall–Kier alpha value is -2.18. The van der Waals surface area contributed by atoms with E-state index in [-0.39, 0.29) is 35.5 Å². The van der Waals surface area contributed by atoms with Crippen molar-refractivity contribution in [3.63, 3.8) is 0 Å². The van der Waals surface area contributed by atoms with Crippen LogP contribution in [0, 0.1) is 17.6 Å². The second kappa shape index (κ2) is 8.23. The molecule has 0 radical (unpaired) electrons. The van der Waals surface area contributed by atoms with E-state index >= 15 is 0 Å². The van der Waals surface area contributed by atoms with Crippen molar-refractivity contribution >= 4 is 35.0 Å². The average Bonchev–Trinajstić information content (AvgIpc) is 3.41. The topological polar surface area (TPSA) is 58.2 Å². The molecule has 0 bridgehead atoms. The molecular weight excluding hydrogens is 397 g/mol. The standard InChI is InChI=1S/C19H16Cl2F2N2O2/c20-13-5-4-10(8-14(13)21)18(26)24-6-7-25-19(27)12-9-11(12)17-15(22)2-1-3-16(17)23/h1-5,8,11-12H,6-7,9H2,(H,24,26)(H,25,27). The second-order valence-electron chi connectivity index (χ2n) is 6.26. The van der Waals surface area contributed by atoms with Gasteiger partial charge < -0.3 is 10.6 Å². The van der Waals surface area contributed by atoms with Crippen molar-refractivity contribution in [2.24, 2.45) is 5.92 Å². The molecule has 0 heterocycles. The van der Waals surface area contributed by atoms with Crippen LogP contribution in [0.25, 0.3) is 0 Å². The molecule has 1 fully saturated rings. The Morgan fingerprint density at radius 2 is 1.67 bits per heavy atom. The van der Waals surface area contributed by atoms with E-state index in [9.17, 15) is 18.4 Å². The maximum atomic E-state index is 13.8. The summed E-state index contributed by atoms with van der Waals surface area (Å²) in [6.07, 6.45) is 0.402. The predicted molar refractivity (Wildman–Crippen MR) is 99.0 cm³/mol. The molecule has 1 aliphatic carbocycles. The fraction of sp³-hybridized carbons (Fsp3) is 0.263. The molecule has 0 spiro atoms. The van der Waals surface area contributed by atoms with E-state index in [1.54, 1.807) is 6.07 Å². The first-order valence-electron chi connectivity index (χ1n) is 8.33. The highest BCUT2D eigenvalue weighted by atomic mass is 35.5. The highest BCUT2D eigenvalue weighted by molar-refractivity contribution is 6.42. The van der Waals surface area contributed by atoms with Gasteiger partial charge in [0.1, 0.15) is 11.6 Å². The number of amides is 2. The van der Waals surface area contributed by atoms with Gasteiger partial charge in [-0.2, -0.15) is 0 Å². The smallest absolute Gasteiger partial charge is 0.251 e.